The van der Waals surface area contributed by atoms with Gasteiger partial charge in [-0.3, -0.25) is 9.36 Å². The van der Waals surface area contributed by atoms with Gasteiger partial charge in [0.05, 0.1) is 23.8 Å². The van der Waals surface area contributed by atoms with Crippen molar-refractivity contribution in [2.24, 2.45) is 0 Å². The first-order valence-corrected chi connectivity index (χ1v) is 4.62. The topological polar surface area (TPSA) is 52.0 Å². The molecule has 0 fully saturated rings. The third-order valence-electron chi connectivity index (χ3n) is 2.33. The van der Waals surface area contributed by atoms with Gasteiger partial charge in [-0.05, 0) is 18.6 Å². The summed E-state index contributed by atoms with van der Waals surface area (Å²) in [7, 11) is 0. The van der Waals surface area contributed by atoms with Crippen molar-refractivity contribution in [2.75, 3.05) is 0 Å². The summed E-state index contributed by atoms with van der Waals surface area (Å²) in [5.74, 6) is 0. The monoisotopic (exact) mass is 202 g/mol. The standard InChI is InChI=1S/C11H10N2O2/c1-8-3-2-4-9-10(8)12-7-13(5-6-14)11(9)15/h2-4,6-7H,5H2,1H3. The molecular formula is C11H10N2O2. The summed E-state index contributed by atoms with van der Waals surface area (Å²) in [6.45, 7) is 1.95. The van der Waals surface area contributed by atoms with Crippen LogP contribution < -0.4 is 5.56 Å². The van der Waals surface area contributed by atoms with E-state index in [4.69, 9.17) is 0 Å². The lowest BCUT2D eigenvalue weighted by molar-refractivity contribution is -0.108. The number of aromatic nitrogens is 2. The Hall–Kier alpha value is -1.97. The summed E-state index contributed by atoms with van der Waals surface area (Å²) in [5, 5.41) is 0.555. The maximum absolute atomic E-state index is 11.8. The summed E-state index contributed by atoms with van der Waals surface area (Å²) in [6.07, 6.45) is 2.09. The lowest BCUT2D eigenvalue weighted by Gasteiger charge is -2.03. The quantitative estimate of drug-likeness (QED) is 0.680. The predicted molar refractivity (Wildman–Crippen MR) is 56.8 cm³/mol. The first-order valence-electron chi connectivity index (χ1n) is 4.62. The zero-order chi connectivity index (χ0) is 10.8. The highest BCUT2D eigenvalue weighted by Gasteiger charge is 2.04. The molecule has 4 nitrogen and oxygen atoms in total. The Labute approximate surface area is 86.2 Å². The minimum atomic E-state index is -0.171. The van der Waals surface area contributed by atoms with Crippen LogP contribution in [-0.2, 0) is 11.3 Å². The first-order chi connectivity index (χ1) is 7.24. The number of aryl methyl sites for hydroxylation is 1. The van der Waals surface area contributed by atoms with Crippen molar-refractivity contribution >= 4 is 17.2 Å². The first kappa shape index (κ1) is 9.58. The highest BCUT2D eigenvalue weighted by molar-refractivity contribution is 5.80. The molecule has 2 aromatic rings. The molecule has 15 heavy (non-hydrogen) atoms. The fourth-order valence-electron chi connectivity index (χ4n) is 1.55. The minimum Gasteiger partial charge on any atom is -0.301 e. The lowest BCUT2D eigenvalue weighted by Crippen LogP contribution is -2.21. The second kappa shape index (κ2) is 3.65. The third kappa shape index (κ3) is 1.54. The SMILES string of the molecule is Cc1cccc2c(=O)n(CC=O)cnc12. The Morgan fingerprint density at radius 1 is 1.47 bits per heavy atom. The fourth-order valence-corrected chi connectivity index (χ4v) is 1.55. The van der Waals surface area contributed by atoms with Crippen molar-refractivity contribution in [3.8, 4) is 0 Å². The molecule has 0 aliphatic heterocycles. The molecule has 1 aromatic heterocycles. The van der Waals surface area contributed by atoms with Gasteiger partial charge in [0.15, 0.2) is 0 Å². The molecule has 1 heterocycles. The van der Waals surface area contributed by atoms with Gasteiger partial charge in [0.25, 0.3) is 5.56 Å². The van der Waals surface area contributed by atoms with E-state index in [9.17, 15) is 9.59 Å². The third-order valence-corrected chi connectivity index (χ3v) is 2.33. The number of hydrogen-bond acceptors (Lipinski definition) is 3. The van der Waals surface area contributed by atoms with E-state index in [1.165, 1.54) is 10.9 Å². The fraction of sp³-hybridized carbons (Fsp3) is 0.182. The molecule has 0 atom stereocenters. The van der Waals surface area contributed by atoms with Crippen LogP contribution in [0.3, 0.4) is 0 Å². The van der Waals surface area contributed by atoms with Gasteiger partial charge in [0.1, 0.15) is 6.29 Å². The lowest BCUT2D eigenvalue weighted by atomic mass is 10.1. The molecule has 0 bridgehead atoms. The molecule has 0 aliphatic carbocycles. The van der Waals surface area contributed by atoms with Crippen LogP contribution >= 0.6 is 0 Å². The summed E-state index contributed by atoms with van der Waals surface area (Å²) in [4.78, 5) is 26.3. The molecule has 0 saturated carbocycles. The van der Waals surface area contributed by atoms with Gasteiger partial charge >= 0.3 is 0 Å². The molecule has 0 N–H and O–H groups in total. The molecule has 0 aliphatic rings. The van der Waals surface area contributed by atoms with Crippen LogP contribution in [0.4, 0.5) is 0 Å². The number of aldehydes is 1. The number of benzene rings is 1. The molecule has 0 radical (unpaired) electrons. The second-order valence-corrected chi connectivity index (χ2v) is 3.34. The number of fused-ring (bicyclic) bond motifs is 1. The molecule has 4 heteroatoms. The van der Waals surface area contributed by atoms with Crippen molar-refractivity contribution in [3.63, 3.8) is 0 Å². The van der Waals surface area contributed by atoms with Crippen LogP contribution in [0, 0.1) is 6.92 Å². The van der Waals surface area contributed by atoms with Gasteiger partial charge in [-0.2, -0.15) is 0 Å². The molecule has 0 amide bonds. The van der Waals surface area contributed by atoms with Gasteiger partial charge in [0.2, 0.25) is 0 Å². The van der Waals surface area contributed by atoms with E-state index in [1.807, 2.05) is 19.1 Å². The second-order valence-electron chi connectivity index (χ2n) is 3.34. The van der Waals surface area contributed by atoms with Crippen molar-refractivity contribution in [2.45, 2.75) is 13.5 Å². The van der Waals surface area contributed by atoms with Crippen molar-refractivity contribution in [3.05, 3.63) is 40.4 Å². The van der Waals surface area contributed by atoms with Gasteiger partial charge in [0, 0.05) is 0 Å². The van der Waals surface area contributed by atoms with Gasteiger partial charge in [-0.25, -0.2) is 4.98 Å². The van der Waals surface area contributed by atoms with Crippen LogP contribution in [0.5, 0.6) is 0 Å². The maximum atomic E-state index is 11.8. The van der Waals surface area contributed by atoms with Crippen LogP contribution in [0.1, 0.15) is 5.56 Å². The number of hydrogen-bond donors (Lipinski definition) is 0. The Balaban J connectivity index is 2.80. The van der Waals surface area contributed by atoms with Crippen LogP contribution in [0.15, 0.2) is 29.3 Å². The Morgan fingerprint density at radius 2 is 2.27 bits per heavy atom. The highest BCUT2D eigenvalue weighted by atomic mass is 16.1. The molecular weight excluding hydrogens is 192 g/mol. The maximum Gasteiger partial charge on any atom is 0.261 e. The number of carbonyl (C=O) groups is 1. The molecule has 0 saturated heterocycles. The average molecular weight is 202 g/mol. The molecule has 76 valence electrons. The highest BCUT2D eigenvalue weighted by Crippen LogP contribution is 2.10. The van der Waals surface area contributed by atoms with Crippen LogP contribution in [0.2, 0.25) is 0 Å². The minimum absolute atomic E-state index is 0.0513. The molecule has 1 aromatic carbocycles. The Morgan fingerprint density at radius 3 is 3.00 bits per heavy atom. The predicted octanol–water partition coefficient (Wildman–Crippen LogP) is 0.904. The van der Waals surface area contributed by atoms with E-state index in [2.05, 4.69) is 4.98 Å². The van der Waals surface area contributed by atoms with Crippen LogP contribution in [0.25, 0.3) is 10.9 Å². The summed E-state index contributed by atoms with van der Waals surface area (Å²) < 4.78 is 1.30. The smallest absolute Gasteiger partial charge is 0.261 e. The van der Waals surface area contributed by atoms with Crippen molar-refractivity contribution < 1.29 is 4.79 Å². The Kier molecular flexibility index (Phi) is 2.33. The van der Waals surface area contributed by atoms with Gasteiger partial charge in [-0.15, -0.1) is 0 Å². The average Bonchev–Trinajstić information content (AvgIpc) is 2.23. The van der Waals surface area contributed by atoms with Gasteiger partial charge in [-0.1, -0.05) is 12.1 Å². The molecule has 0 unspecified atom stereocenters. The number of para-hydroxylation sites is 1. The van der Waals surface area contributed by atoms with E-state index >= 15 is 0 Å². The normalized spacial score (nSPS) is 10.5. The van der Waals surface area contributed by atoms with E-state index < -0.39 is 0 Å². The van der Waals surface area contributed by atoms with E-state index in [0.29, 0.717) is 17.2 Å². The number of carbonyl (C=O) groups excluding carboxylic acids is 1. The molecule has 0 spiro atoms. The molecule has 2 rings (SSSR count). The number of rotatable bonds is 2. The largest absolute Gasteiger partial charge is 0.301 e. The zero-order valence-electron chi connectivity index (χ0n) is 8.30. The Bertz CT molecular complexity index is 572. The van der Waals surface area contributed by atoms with E-state index in [-0.39, 0.29) is 12.1 Å². The summed E-state index contributed by atoms with van der Waals surface area (Å²) in [6, 6.07) is 5.43. The van der Waals surface area contributed by atoms with E-state index in [1.54, 1.807) is 6.07 Å². The zero-order valence-corrected chi connectivity index (χ0v) is 8.30. The summed E-state index contributed by atoms with van der Waals surface area (Å²) >= 11 is 0. The van der Waals surface area contributed by atoms with Crippen LogP contribution in [-0.4, -0.2) is 15.8 Å². The van der Waals surface area contributed by atoms with E-state index in [0.717, 1.165) is 5.56 Å². The van der Waals surface area contributed by atoms with Crippen molar-refractivity contribution in [1.82, 2.24) is 9.55 Å². The van der Waals surface area contributed by atoms with Crippen molar-refractivity contribution in [1.29, 1.82) is 0 Å². The number of nitrogens with zero attached hydrogens (tertiary/aromatic N) is 2. The van der Waals surface area contributed by atoms with Gasteiger partial charge < -0.3 is 4.79 Å². The summed E-state index contributed by atoms with van der Waals surface area (Å²) in [5.41, 5.74) is 1.49.